The molecule has 218 valence electrons. The Kier molecular flexibility index (Phi) is 9.63. The molecule has 2 aromatic rings. The average Bonchev–Trinajstić information content (AvgIpc) is 2.87. The van der Waals surface area contributed by atoms with Gasteiger partial charge in [-0.1, -0.05) is 30.3 Å². The van der Waals surface area contributed by atoms with Gasteiger partial charge in [0.05, 0.1) is 17.5 Å². The highest BCUT2D eigenvalue weighted by molar-refractivity contribution is 7.92. The van der Waals surface area contributed by atoms with E-state index in [0.717, 1.165) is 38.7 Å². The molecule has 0 radical (unpaired) electrons. The molecule has 15 heteroatoms. The molecule has 11 nitrogen and oxygen atoms in total. The summed E-state index contributed by atoms with van der Waals surface area (Å²) in [5, 5.41) is 19.7. The van der Waals surface area contributed by atoms with Gasteiger partial charge in [0.1, 0.15) is 6.10 Å². The van der Waals surface area contributed by atoms with Crippen molar-refractivity contribution in [2.75, 3.05) is 35.9 Å². The Balaban J connectivity index is 0.000000559. The molecule has 0 spiro atoms. The van der Waals surface area contributed by atoms with Crippen molar-refractivity contribution in [2.24, 2.45) is 5.92 Å². The molecule has 4 N–H and O–H groups in total. The summed E-state index contributed by atoms with van der Waals surface area (Å²) in [6.45, 7) is 2.77. The van der Waals surface area contributed by atoms with Gasteiger partial charge in [0.15, 0.2) is 6.04 Å². The van der Waals surface area contributed by atoms with Crippen molar-refractivity contribution in [1.29, 1.82) is 0 Å². The number of aliphatic carboxylic acids is 1. The van der Waals surface area contributed by atoms with Gasteiger partial charge >= 0.3 is 24.1 Å². The molecule has 0 aliphatic carbocycles. The molecule has 3 aliphatic heterocycles. The number of fused-ring (bicyclic) bond motifs is 3. The lowest BCUT2D eigenvalue weighted by molar-refractivity contribution is -0.192. The van der Waals surface area contributed by atoms with Crippen LogP contribution in [-0.2, 0) is 24.3 Å². The molecule has 1 unspecified atom stereocenters. The van der Waals surface area contributed by atoms with Gasteiger partial charge in [-0.05, 0) is 55.6 Å². The summed E-state index contributed by atoms with van der Waals surface area (Å²) in [5.74, 6) is -4.09. The lowest BCUT2D eigenvalue weighted by atomic mass is 9.86. The van der Waals surface area contributed by atoms with Crippen LogP contribution in [0.25, 0.3) is 0 Å². The number of nitrogens with one attached hydrogen (secondary N) is 2. The summed E-state index contributed by atoms with van der Waals surface area (Å²) in [6, 6.07) is 12.1. The number of rotatable bonds is 8. The molecule has 2 aromatic carbocycles. The van der Waals surface area contributed by atoms with Crippen LogP contribution in [0, 0.1) is 5.92 Å². The number of piperidine rings is 3. The highest BCUT2D eigenvalue weighted by Crippen LogP contribution is 2.32. The van der Waals surface area contributed by atoms with E-state index in [9.17, 15) is 36.3 Å². The normalized spacial score (nSPS) is 20.9. The number of hydrogen-bond acceptors (Lipinski definition) is 8. The predicted molar refractivity (Wildman–Crippen MR) is 137 cm³/mol. The highest BCUT2D eigenvalue weighted by atomic mass is 32.2. The van der Waals surface area contributed by atoms with Crippen molar-refractivity contribution in [2.45, 2.75) is 31.2 Å². The largest absolute Gasteiger partial charge is 0.490 e. The van der Waals surface area contributed by atoms with Crippen molar-refractivity contribution in [3.8, 4) is 0 Å². The maximum atomic E-state index is 13.3. The van der Waals surface area contributed by atoms with Crippen molar-refractivity contribution >= 4 is 39.3 Å². The summed E-state index contributed by atoms with van der Waals surface area (Å²) in [7, 11) is -3.62. The third-order valence-corrected chi connectivity index (χ3v) is 6.88. The molecule has 0 amide bonds. The summed E-state index contributed by atoms with van der Waals surface area (Å²) >= 11 is 0. The van der Waals surface area contributed by atoms with Gasteiger partial charge in [0.2, 0.25) is 10.0 Å². The fraction of sp³-hybridized carbons (Fsp3) is 0.400. The van der Waals surface area contributed by atoms with Crippen LogP contribution >= 0.6 is 0 Å². The van der Waals surface area contributed by atoms with Crippen molar-refractivity contribution in [3.05, 3.63) is 59.7 Å². The van der Waals surface area contributed by atoms with E-state index in [1.807, 2.05) is 6.07 Å². The van der Waals surface area contributed by atoms with Crippen LogP contribution in [0.1, 0.15) is 34.8 Å². The van der Waals surface area contributed by atoms with E-state index >= 15 is 0 Å². The molecule has 3 saturated heterocycles. The maximum Gasteiger partial charge on any atom is 0.490 e. The zero-order chi connectivity index (χ0) is 29.7. The van der Waals surface area contributed by atoms with E-state index in [1.54, 1.807) is 24.3 Å². The molecule has 0 saturated carbocycles. The number of sulfonamides is 1. The summed E-state index contributed by atoms with van der Waals surface area (Å²) < 4.78 is 63.3. The molecule has 3 aliphatic rings. The van der Waals surface area contributed by atoms with Crippen LogP contribution in [0.2, 0.25) is 0 Å². The van der Waals surface area contributed by atoms with E-state index < -0.39 is 40.1 Å². The monoisotopic (exact) mass is 587 g/mol. The van der Waals surface area contributed by atoms with Gasteiger partial charge in [-0.25, -0.2) is 22.8 Å². The lowest BCUT2D eigenvalue weighted by Crippen LogP contribution is -2.52. The first kappa shape index (κ1) is 30.7. The van der Waals surface area contributed by atoms with Gasteiger partial charge in [-0.3, -0.25) is 9.62 Å². The van der Waals surface area contributed by atoms with E-state index in [2.05, 4.69) is 14.9 Å². The van der Waals surface area contributed by atoms with Gasteiger partial charge in [-0.15, -0.1) is 0 Å². The average molecular weight is 588 g/mol. The Morgan fingerprint density at radius 3 is 2.08 bits per heavy atom. The SMILES string of the molecule is CS(=O)(=O)Nc1cc(NC(C(=O)O[C@H]2CN3CCC2CC3)c2ccccc2)cc(C(=O)O)c1.O=C(O)C(F)(F)F. The number of carbonyl (C=O) groups excluding carboxylic acids is 1. The van der Waals surface area contributed by atoms with E-state index in [-0.39, 0.29) is 23.0 Å². The van der Waals surface area contributed by atoms with E-state index in [1.165, 1.54) is 18.2 Å². The van der Waals surface area contributed by atoms with Crippen LogP contribution in [0.3, 0.4) is 0 Å². The molecule has 2 bridgehead atoms. The number of alkyl halides is 3. The van der Waals surface area contributed by atoms with E-state index in [0.29, 0.717) is 11.5 Å². The number of aromatic carboxylic acids is 1. The standard InChI is InChI=1S/C23H27N3O6S.C2HF3O2/c1-33(30,31)25-19-12-17(22(27)28)11-18(13-19)24-21(16-5-3-2-4-6-16)23(29)32-20-14-26-9-7-15(20)8-10-26;3-2(4,5)1(6)7/h2-6,11-13,15,20-21,24-25H,7-10,14H2,1H3,(H,27,28);(H,6,7)/t20-,21?;/m0./s1. The molecular formula is C25H28F3N3O8S. The molecule has 5 rings (SSSR count). The van der Waals surface area contributed by atoms with Crippen molar-refractivity contribution < 1.29 is 50.9 Å². The Bertz CT molecular complexity index is 1330. The molecule has 0 aromatic heterocycles. The number of benzene rings is 2. The fourth-order valence-corrected chi connectivity index (χ4v) is 5.01. The first-order valence-electron chi connectivity index (χ1n) is 12.0. The second-order valence-electron chi connectivity index (χ2n) is 9.38. The Morgan fingerprint density at radius 2 is 1.60 bits per heavy atom. The summed E-state index contributed by atoms with van der Waals surface area (Å²) in [6.07, 6.45) is -2.28. The van der Waals surface area contributed by atoms with Crippen molar-refractivity contribution in [3.63, 3.8) is 0 Å². The smallest absolute Gasteiger partial charge is 0.478 e. The Labute approximate surface area is 228 Å². The number of halogens is 3. The zero-order valence-corrected chi connectivity index (χ0v) is 22.0. The number of esters is 1. The third-order valence-electron chi connectivity index (χ3n) is 6.27. The van der Waals surface area contributed by atoms with Gasteiger partial charge in [-0.2, -0.15) is 13.2 Å². The minimum absolute atomic E-state index is 0.0810. The van der Waals surface area contributed by atoms with Gasteiger partial charge in [0.25, 0.3) is 0 Å². The number of anilines is 2. The van der Waals surface area contributed by atoms with Crippen LogP contribution in [-0.4, -0.2) is 79.6 Å². The van der Waals surface area contributed by atoms with Crippen LogP contribution in [0.15, 0.2) is 48.5 Å². The maximum absolute atomic E-state index is 13.3. The fourth-order valence-electron chi connectivity index (χ4n) is 4.46. The lowest BCUT2D eigenvalue weighted by Gasteiger charge is -2.44. The number of hydrogen-bond donors (Lipinski definition) is 4. The molecule has 40 heavy (non-hydrogen) atoms. The number of ether oxygens (including phenoxy) is 1. The zero-order valence-electron chi connectivity index (χ0n) is 21.2. The Hall–Kier alpha value is -3.85. The molecule has 2 atom stereocenters. The number of nitrogens with zero attached hydrogens (tertiary/aromatic N) is 1. The first-order chi connectivity index (χ1) is 18.6. The van der Waals surface area contributed by atoms with Crippen LogP contribution < -0.4 is 10.0 Å². The minimum atomic E-state index is -5.08. The highest BCUT2D eigenvalue weighted by Gasteiger charge is 2.39. The second-order valence-corrected chi connectivity index (χ2v) is 11.1. The van der Waals surface area contributed by atoms with Crippen LogP contribution in [0.5, 0.6) is 0 Å². The predicted octanol–water partition coefficient (Wildman–Crippen LogP) is 3.18. The van der Waals surface area contributed by atoms with Gasteiger partial charge in [0, 0.05) is 12.2 Å². The molecular weight excluding hydrogens is 559 g/mol. The quantitative estimate of drug-likeness (QED) is 0.338. The van der Waals surface area contributed by atoms with Gasteiger partial charge < -0.3 is 20.3 Å². The minimum Gasteiger partial charge on any atom is -0.478 e. The van der Waals surface area contributed by atoms with E-state index in [4.69, 9.17) is 14.6 Å². The second kappa shape index (κ2) is 12.6. The summed E-state index contributed by atoms with van der Waals surface area (Å²) in [4.78, 5) is 36.1. The molecule has 3 heterocycles. The Morgan fingerprint density at radius 1 is 1.02 bits per heavy atom. The topological polar surface area (TPSA) is 162 Å². The number of carboxylic acid groups (broad SMARTS) is 2. The third kappa shape index (κ3) is 8.84. The molecule has 3 fully saturated rings. The number of carbonyl (C=O) groups is 3. The van der Waals surface area contributed by atoms with Crippen molar-refractivity contribution in [1.82, 2.24) is 4.90 Å². The van der Waals surface area contributed by atoms with Crippen LogP contribution in [0.4, 0.5) is 24.5 Å². The summed E-state index contributed by atoms with van der Waals surface area (Å²) in [5.41, 5.74) is 0.893. The first-order valence-corrected chi connectivity index (χ1v) is 13.9. The number of carboxylic acids is 2.